The molecule has 0 fully saturated rings. The van der Waals surface area contributed by atoms with E-state index in [4.69, 9.17) is 11.6 Å². The first kappa shape index (κ1) is 13.8. The predicted octanol–water partition coefficient (Wildman–Crippen LogP) is 2.33. The number of nitrogens with zero attached hydrogens (tertiary/aromatic N) is 2. The van der Waals surface area contributed by atoms with Gasteiger partial charge in [-0.05, 0) is 25.1 Å². The number of halogens is 2. The SMILES string of the molecule is Cc1cn(-c2ccc(NCC(O)CCl)cc2F)cn1. The Bertz CT molecular complexity index is 559. The molecule has 2 aromatic rings. The molecule has 102 valence electrons. The second kappa shape index (κ2) is 6.04. The molecule has 1 heterocycles. The summed E-state index contributed by atoms with van der Waals surface area (Å²) in [7, 11) is 0. The number of alkyl halides is 1. The summed E-state index contributed by atoms with van der Waals surface area (Å²) in [5, 5.41) is 12.2. The highest BCUT2D eigenvalue weighted by Gasteiger charge is 2.07. The van der Waals surface area contributed by atoms with Crippen LogP contribution in [0, 0.1) is 12.7 Å². The van der Waals surface area contributed by atoms with Gasteiger partial charge in [0.25, 0.3) is 0 Å². The lowest BCUT2D eigenvalue weighted by molar-refractivity contribution is 0.211. The zero-order valence-corrected chi connectivity index (χ0v) is 11.2. The van der Waals surface area contributed by atoms with Crippen LogP contribution in [0.4, 0.5) is 10.1 Å². The van der Waals surface area contributed by atoms with Gasteiger partial charge in [-0.2, -0.15) is 0 Å². The fourth-order valence-electron chi connectivity index (χ4n) is 1.67. The van der Waals surface area contributed by atoms with Crippen LogP contribution in [0.3, 0.4) is 0 Å². The molecule has 2 N–H and O–H groups in total. The first-order chi connectivity index (χ1) is 9.10. The first-order valence-corrected chi connectivity index (χ1v) is 6.42. The topological polar surface area (TPSA) is 50.1 Å². The Hall–Kier alpha value is -1.59. The standard InChI is InChI=1S/C13H15ClFN3O/c1-9-7-18(8-17-9)13-3-2-10(4-12(13)15)16-6-11(19)5-14/h2-4,7-8,11,16,19H,5-6H2,1H3. The third-order valence-corrected chi connectivity index (χ3v) is 3.01. The van der Waals surface area contributed by atoms with Crippen LogP contribution in [-0.2, 0) is 0 Å². The average Bonchev–Trinajstić information content (AvgIpc) is 2.82. The third-order valence-electron chi connectivity index (χ3n) is 2.66. The van der Waals surface area contributed by atoms with Gasteiger partial charge in [-0.25, -0.2) is 9.37 Å². The van der Waals surface area contributed by atoms with E-state index in [1.54, 1.807) is 29.2 Å². The largest absolute Gasteiger partial charge is 0.390 e. The average molecular weight is 284 g/mol. The number of hydrogen-bond donors (Lipinski definition) is 2. The van der Waals surface area contributed by atoms with Crippen molar-refractivity contribution >= 4 is 17.3 Å². The molecule has 0 bridgehead atoms. The van der Waals surface area contributed by atoms with Crippen molar-refractivity contribution in [3.05, 3.63) is 42.2 Å². The van der Waals surface area contributed by atoms with Crippen LogP contribution in [0.2, 0.25) is 0 Å². The zero-order chi connectivity index (χ0) is 13.8. The minimum absolute atomic E-state index is 0.141. The highest BCUT2D eigenvalue weighted by atomic mass is 35.5. The van der Waals surface area contributed by atoms with Crippen LogP contribution < -0.4 is 5.32 Å². The molecule has 0 aliphatic rings. The summed E-state index contributed by atoms with van der Waals surface area (Å²) in [6.07, 6.45) is 2.67. The number of benzene rings is 1. The van der Waals surface area contributed by atoms with E-state index in [1.807, 2.05) is 6.92 Å². The lowest BCUT2D eigenvalue weighted by Gasteiger charge is -2.11. The quantitative estimate of drug-likeness (QED) is 0.828. The Morgan fingerprint density at radius 3 is 2.89 bits per heavy atom. The van der Waals surface area contributed by atoms with Crippen molar-refractivity contribution in [3.8, 4) is 5.69 Å². The molecule has 0 spiro atoms. The fourth-order valence-corrected chi connectivity index (χ4v) is 1.78. The van der Waals surface area contributed by atoms with Crippen molar-refractivity contribution in [1.29, 1.82) is 0 Å². The lowest BCUT2D eigenvalue weighted by Crippen LogP contribution is -2.20. The maximum atomic E-state index is 14.0. The minimum Gasteiger partial charge on any atom is -0.390 e. The molecule has 2 rings (SSSR count). The van der Waals surface area contributed by atoms with Crippen molar-refractivity contribution in [3.63, 3.8) is 0 Å². The van der Waals surface area contributed by atoms with Gasteiger partial charge in [-0.3, -0.25) is 0 Å². The molecule has 1 atom stereocenters. The van der Waals surface area contributed by atoms with Gasteiger partial charge in [0.05, 0.1) is 29.7 Å². The predicted molar refractivity (Wildman–Crippen MR) is 73.5 cm³/mol. The second-order valence-electron chi connectivity index (χ2n) is 4.28. The maximum Gasteiger partial charge on any atom is 0.149 e. The normalized spacial score (nSPS) is 12.4. The zero-order valence-electron chi connectivity index (χ0n) is 10.5. The maximum absolute atomic E-state index is 14.0. The molecule has 1 aromatic carbocycles. The van der Waals surface area contributed by atoms with Gasteiger partial charge in [-0.1, -0.05) is 0 Å². The van der Waals surface area contributed by atoms with Crippen LogP contribution in [-0.4, -0.2) is 33.2 Å². The van der Waals surface area contributed by atoms with E-state index in [9.17, 15) is 9.50 Å². The molecule has 4 nitrogen and oxygen atoms in total. The molecular weight excluding hydrogens is 269 g/mol. The summed E-state index contributed by atoms with van der Waals surface area (Å²) >= 11 is 5.48. The van der Waals surface area contributed by atoms with Gasteiger partial charge in [0, 0.05) is 18.4 Å². The van der Waals surface area contributed by atoms with Gasteiger partial charge in [0.2, 0.25) is 0 Å². The Labute approximate surface area is 115 Å². The van der Waals surface area contributed by atoms with E-state index in [0.717, 1.165) is 5.69 Å². The molecule has 0 radical (unpaired) electrons. The molecule has 0 aliphatic carbocycles. The third kappa shape index (κ3) is 3.45. The summed E-state index contributed by atoms with van der Waals surface area (Å²) in [6, 6.07) is 4.78. The van der Waals surface area contributed by atoms with Crippen LogP contribution in [0.25, 0.3) is 5.69 Å². The summed E-state index contributed by atoms with van der Waals surface area (Å²) in [4.78, 5) is 4.06. The van der Waals surface area contributed by atoms with Crippen molar-refractivity contribution in [2.75, 3.05) is 17.7 Å². The highest BCUT2D eigenvalue weighted by molar-refractivity contribution is 6.18. The number of imidazole rings is 1. The number of aliphatic hydroxyl groups excluding tert-OH is 1. The van der Waals surface area contributed by atoms with E-state index < -0.39 is 6.10 Å². The van der Waals surface area contributed by atoms with Gasteiger partial charge >= 0.3 is 0 Å². The molecular formula is C13H15ClFN3O. The van der Waals surface area contributed by atoms with E-state index in [1.165, 1.54) is 6.07 Å². The number of nitrogens with one attached hydrogen (secondary N) is 1. The summed E-state index contributed by atoms with van der Waals surface area (Å²) < 4.78 is 15.6. The molecule has 1 unspecified atom stereocenters. The summed E-state index contributed by atoms with van der Waals surface area (Å²) in [5.41, 5.74) is 1.86. The molecule has 0 saturated carbocycles. The monoisotopic (exact) mass is 283 g/mol. The Balaban J connectivity index is 2.13. The number of aliphatic hydroxyl groups is 1. The number of hydrogen-bond acceptors (Lipinski definition) is 3. The highest BCUT2D eigenvalue weighted by Crippen LogP contribution is 2.18. The molecule has 19 heavy (non-hydrogen) atoms. The number of rotatable bonds is 5. The first-order valence-electron chi connectivity index (χ1n) is 5.88. The van der Waals surface area contributed by atoms with Crippen LogP contribution >= 0.6 is 11.6 Å². The summed E-state index contributed by atoms with van der Waals surface area (Å²) in [6.45, 7) is 2.13. The van der Waals surface area contributed by atoms with Crippen LogP contribution in [0.15, 0.2) is 30.7 Å². The Kier molecular flexibility index (Phi) is 4.39. The van der Waals surface area contributed by atoms with Crippen LogP contribution in [0.5, 0.6) is 0 Å². The van der Waals surface area contributed by atoms with E-state index in [-0.39, 0.29) is 18.2 Å². The van der Waals surface area contributed by atoms with Crippen LogP contribution in [0.1, 0.15) is 5.69 Å². The van der Waals surface area contributed by atoms with Crippen molar-refractivity contribution in [2.24, 2.45) is 0 Å². The molecule has 0 amide bonds. The van der Waals surface area contributed by atoms with Crippen molar-refractivity contribution < 1.29 is 9.50 Å². The minimum atomic E-state index is -0.652. The lowest BCUT2D eigenvalue weighted by atomic mass is 10.2. The van der Waals surface area contributed by atoms with Gasteiger partial charge in [0.1, 0.15) is 5.82 Å². The van der Waals surface area contributed by atoms with Gasteiger partial charge in [0.15, 0.2) is 0 Å². The van der Waals surface area contributed by atoms with Crippen molar-refractivity contribution in [2.45, 2.75) is 13.0 Å². The van der Waals surface area contributed by atoms with E-state index in [0.29, 0.717) is 11.4 Å². The van der Waals surface area contributed by atoms with Gasteiger partial charge < -0.3 is 15.0 Å². The molecule has 1 aromatic heterocycles. The Morgan fingerprint density at radius 2 is 2.32 bits per heavy atom. The molecule has 0 saturated heterocycles. The Morgan fingerprint density at radius 1 is 1.53 bits per heavy atom. The number of aromatic nitrogens is 2. The fraction of sp³-hybridized carbons (Fsp3) is 0.308. The molecule has 6 heteroatoms. The molecule has 0 aliphatic heterocycles. The van der Waals surface area contributed by atoms with Gasteiger partial charge in [-0.15, -0.1) is 11.6 Å². The number of aryl methyl sites for hydroxylation is 1. The van der Waals surface area contributed by atoms with E-state index >= 15 is 0 Å². The smallest absolute Gasteiger partial charge is 0.149 e. The number of anilines is 1. The summed E-state index contributed by atoms with van der Waals surface area (Å²) in [5.74, 6) is -0.218. The van der Waals surface area contributed by atoms with Crippen molar-refractivity contribution in [1.82, 2.24) is 9.55 Å². The van der Waals surface area contributed by atoms with E-state index in [2.05, 4.69) is 10.3 Å². The second-order valence-corrected chi connectivity index (χ2v) is 4.59.